The van der Waals surface area contributed by atoms with Gasteiger partial charge in [-0.25, -0.2) is 0 Å². The number of hydrogen-bond acceptors (Lipinski definition) is 2. The Labute approximate surface area is 111 Å². The first-order valence-corrected chi connectivity index (χ1v) is 6.76. The number of amides is 1. The third-order valence-electron chi connectivity index (χ3n) is 4.01. The molecule has 0 aromatic heterocycles. The molecule has 1 unspecified atom stereocenters. The van der Waals surface area contributed by atoms with E-state index in [0.717, 1.165) is 45.3 Å². The number of carbonyl (C=O) groups excluding carboxylic acids is 1. The predicted octanol–water partition coefficient (Wildman–Crippen LogP) is 2.10. The Kier molecular flexibility index (Phi) is 5.74. The first-order chi connectivity index (χ1) is 7.77. The molecule has 2 aliphatic rings. The molecule has 1 amide bonds. The van der Waals surface area contributed by atoms with Gasteiger partial charge in [0.2, 0.25) is 5.91 Å². The van der Waals surface area contributed by atoms with Gasteiger partial charge >= 0.3 is 0 Å². The van der Waals surface area contributed by atoms with Gasteiger partial charge in [-0.15, -0.1) is 12.4 Å². The molecule has 0 spiro atoms. The van der Waals surface area contributed by atoms with E-state index < -0.39 is 0 Å². The fourth-order valence-corrected chi connectivity index (χ4v) is 2.74. The smallest absolute Gasteiger partial charge is 0.226 e. The van der Waals surface area contributed by atoms with Crippen LogP contribution in [0.5, 0.6) is 0 Å². The van der Waals surface area contributed by atoms with E-state index in [1.165, 1.54) is 12.8 Å². The zero-order valence-electron chi connectivity index (χ0n) is 10.8. The molecule has 0 bridgehead atoms. The van der Waals surface area contributed by atoms with Gasteiger partial charge in [0, 0.05) is 12.0 Å². The highest BCUT2D eigenvalue weighted by molar-refractivity contribution is 5.85. The monoisotopic (exact) mass is 260 g/mol. The number of nitrogens with one attached hydrogen (secondary N) is 2. The maximum atomic E-state index is 12.0. The van der Waals surface area contributed by atoms with E-state index in [0.29, 0.717) is 11.8 Å². The normalized spacial score (nSPS) is 25.8. The van der Waals surface area contributed by atoms with Crippen LogP contribution < -0.4 is 10.6 Å². The average Bonchev–Trinajstić information content (AvgIpc) is 3.09. The Morgan fingerprint density at radius 1 is 1.47 bits per heavy atom. The van der Waals surface area contributed by atoms with Crippen LogP contribution in [0.4, 0.5) is 0 Å². The van der Waals surface area contributed by atoms with Gasteiger partial charge in [-0.1, -0.05) is 13.3 Å². The fraction of sp³-hybridized carbons (Fsp3) is 0.923. The highest BCUT2D eigenvalue weighted by atomic mass is 35.5. The van der Waals surface area contributed by atoms with Gasteiger partial charge in [-0.05, 0) is 51.1 Å². The van der Waals surface area contributed by atoms with Crippen molar-refractivity contribution in [1.82, 2.24) is 10.6 Å². The minimum atomic E-state index is 0. The summed E-state index contributed by atoms with van der Waals surface area (Å²) in [5, 5.41) is 6.55. The van der Waals surface area contributed by atoms with Crippen LogP contribution in [-0.2, 0) is 4.79 Å². The van der Waals surface area contributed by atoms with E-state index >= 15 is 0 Å². The number of hydrogen-bond donors (Lipinski definition) is 2. The van der Waals surface area contributed by atoms with Crippen LogP contribution in [0, 0.1) is 11.3 Å². The van der Waals surface area contributed by atoms with E-state index in [2.05, 4.69) is 17.6 Å². The second-order valence-corrected chi connectivity index (χ2v) is 5.45. The number of halogens is 1. The Hall–Kier alpha value is -0.280. The Balaban J connectivity index is 0.00000144. The van der Waals surface area contributed by atoms with Crippen molar-refractivity contribution in [3.05, 3.63) is 0 Å². The average molecular weight is 261 g/mol. The number of rotatable bonds is 5. The summed E-state index contributed by atoms with van der Waals surface area (Å²) in [4.78, 5) is 12.0. The molecule has 0 radical (unpaired) electrons. The Bertz CT molecular complexity index is 248. The minimum Gasteiger partial charge on any atom is -0.355 e. The molecule has 100 valence electrons. The van der Waals surface area contributed by atoms with Crippen LogP contribution >= 0.6 is 12.4 Å². The molecule has 1 saturated carbocycles. The van der Waals surface area contributed by atoms with Gasteiger partial charge in [0.25, 0.3) is 0 Å². The second-order valence-electron chi connectivity index (χ2n) is 5.45. The van der Waals surface area contributed by atoms with E-state index in [4.69, 9.17) is 0 Å². The molecule has 1 aliphatic carbocycles. The number of carbonyl (C=O) groups is 1. The first-order valence-electron chi connectivity index (χ1n) is 6.76. The van der Waals surface area contributed by atoms with Gasteiger partial charge in [0.1, 0.15) is 0 Å². The van der Waals surface area contributed by atoms with Crippen molar-refractivity contribution in [3.8, 4) is 0 Å². The van der Waals surface area contributed by atoms with Crippen LogP contribution in [0.25, 0.3) is 0 Å². The highest BCUT2D eigenvalue weighted by Crippen LogP contribution is 2.49. The molecule has 2 fully saturated rings. The Morgan fingerprint density at radius 3 is 2.76 bits per heavy atom. The summed E-state index contributed by atoms with van der Waals surface area (Å²) >= 11 is 0. The molecule has 1 saturated heterocycles. The zero-order valence-corrected chi connectivity index (χ0v) is 11.6. The SMILES string of the molecule is CCCC1(C(=O)NCC2CCCNC2)CC1.Cl. The molecule has 3 nitrogen and oxygen atoms in total. The summed E-state index contributed by atoms with van der Waals surface area (Å²) in [5.41, 5.74) is 0.0385. The summed E-state index contributed by atoms with van der Waals surface area (Å²) in [6.45, 7) is 5.25. The van der Waals surface area contributed by atoms with Crippen LogP contribution in [0.1, 0.15) is 45.4 Å². The van der Waals surface area contributed by atoms with Crippen molar-refractivity contribution in [2.45, 2.75) is 45.4 Å². The van der Waals surface area contributed by atoms with Gasteiger partial charge < -0.3 is 10.6 Å². The molecular weight excluding hydrogens is 236 g/mol. The van der Waals surface area contributed by atoms with Crippen molar-refractivity contribution in [2.75, 3.05) is 19.6 Å². The van der Waals surface area contributed by atoms with E-state index in [1.54, 1.807) is 0 Å². The minimum absolute atomic E-state index is 0. The van der Waals surface area contributed by atoms with Crippen LogP contribution in [0.3, 0.4) is 0 Å². The molecule has 4 heteroatoms. The molecule has 17 heavy (non-hydrogen) atoms. The summed E-state index contributed by atoms with van der Waals surface area (Å²) in [6.07, 6.45) is 6.92. The molecule has 1 aliphatic heterocycles. The van der Waals surface area contributed by atoms with Crippen LogP contribution in [-0.4, -0.2) is 25.5 Å². The standard InChI is InChI=1S/C13H24N2O.ClH/c1-2-5-13(6-7-13)12(16)15-10-11-4-3-8-14-9-11;/h11,14H,2-10H2,1H3,(H,15,16);1H. The summed E-state index contributed by atoms with van der Waals surface area (Å²) in [7, 11) is 0. The lowest BCUT2D eigenvalue weighted by atomic mass is 9.97. The van der Waals surface area contributed by atoms with Crippen molar-refractivity contribution in [1.29, 1.82) is 0 Å². The molecule has 2 rings (SSSR count). The van der Waals surface area contributed by atoms with Gasteiger partial charge in [-0.3, -0.25) is 4.79 Å². The van der Waals surface area contributed by atoms with Crippen molar-refractivity contribution < 1.29 is 4.79 Å². The summed E-state index contributed by atoms with van der Waals surface area (Å²) < 4.78 is 0. The van der Waals surface area contributed by atoms with Crippen molar-refractivity contribution >= 4 is 18.3 Å². The quantitative estimate of drug-likeness (QED) is 0.795. The van der Waals surface area contributed by atoms with Crippen LogP contribution in [0.15, 0.2) is 0 Å². The third kappa shape index (κ3) is 3.85. The highest BCUT2D eigenvalue weighted by Gasteiger charge is 2.48. The lowest BCUT2D eigenvalue weighted by molar-refractivity contribution is -0.126. The molecular formula is C13H25ClN2O. The molecule has 1 heterocycles. The second kappa shape index (κ2) is 6.60. The molecule has 2 N–H and O–H groups in total. The third-order valence-corrected chi connectivity index (χ3v) is 4.01. The van der Waals surface area contributed by atoms with E-state index in [1.807, 2.05) is 0 Å². The topological polar surface area (TPSA) is 41.1 Å². The fourth-order valence-electron chi connectivity index (χ4n) is 2.74. The first kappa shape index (κ1) is 14.8. The van der Waals surface area contributed by atoms with Gasteiger partial charge in [-0.2, -0.15) is 0 Å². The predicted molar refractivity (Wildman–Crippen MR) is 72.4 cm³/mol. The van der Waals surface area contributed by atoms with Gasteiger partial charge in [0.05, 0.1) is 0 Å². The largest absolute Gasteiger partial charge is 0.355 e. The molecule has 0 aromatic carbocycles. The van der Waals surface area contributed by atoms with Crippen LogP contribution in [0.2, 0.25) is 0 Å². The van der Waals surface area contributed by atoms with Crippen molar-refractivity contribution in [2.24, 2.45) is 11.3 Å². The van der Waals surface area contributed by atoms with Gasteiger partial charge in [0.15, 0.2) is 0 Å². The van der Waals surface area contributed by atoms with E-state index in [9.17, 15) is 4.79 Å². The molecule has 1 atom stereocenters. The van der Waals surface area contributed by atoms with Crippen molar-refractivity contribution in [3.63, 3.8) is 0 Å². The summed E-state index contributed by atoms with van der Waals surface area (Å²) in [6, 6.07) is 0. The Morgan fingerprint density at radius 2 is 2.24 bits per heavy atom. The summed E-state index contributed by atoms with van der Waals surface area (Å²) in [5.74, 6) is 0.968. The zero-order chi connectivity index (χ0) is 11.4. The maximum absolute atomic E-state index is 12.0. The molecule has 0 aromatic rings. The number of piperidine rings is 1. The lowest BCUT2D eigenvalue weighted by Gasteiger charge is -2.24. The maximum Gasteiger partial charge on any atom is 0.226 e. The van der Waals surface area contributed by atoms with E-state index in [-0.39, 0.29) is 17.8 Å². The lowest BCUT2D eigenvalue weighted by Crippen LogP contribution is -2.40.